The number of nitrogens with zero attached hydrogens (tertiary/aromatic N) is 3. The molecule has 1 saturated heterocycles. The van der Waals surface area contributed by atoms with E-state index in [1.165, 1.54) is 5.56 Å². The van der Waals surface area contributed by atoms with E-state index < -0.39 is 0 Å². The lowest BCUT2D eigenvalue weighted by molar-refractivity contribution is 0.0929. The first kappa shape index (κ1) is 25.0. The number of hydrogen-bond acceptors (Lipinski definition) is 5. The molecule has 1 aliphatic heterocycles. The third-order valence-electron chi connectivity index (χ3n) is 7.33. The van der Waals surface area contributed by atoms with Gasteiger partial charge in [0.05, 0.1) is 18.5 Å². The van der Waals surface area contributed by atoms with Crippen LogP contribution in [0, 0.1) is 0 Å². The number of methoxy groups -OCH3 is 1. The van der Waals surface area contributed by atoms with Gasteiger partial charge >= 0.3 is 0 Å². The Labute approximate surface area is 218 Å². The van der Waals surface area contributed by atoms with E-state index in [2.05, 4.69) is 47.7 Å². The standard InChI is InChI=1S/C30H35N5O2/c1-4-20-9-10-21(18-27(20)37-3)25(5-2)28-29-32-15-16-35(29)19-26(34-28)22-7-6-8-23(17-22)30(36)33-24-11-13-31-14-12-24/h6-10,15-19,24-25,31H,4-5,11-14H2,1-3H3,(H,33,36). The fourth-order valence-corrected chi connectivity index (χ4v) is 5.24. The monoisotopic (exact) mass is 497 g/mol. The minimum absolute atomic E-state index is 0.0350. The largest absolute Gasteiger partial charge is 0.496 e. The summed E-state index contributed by atoms with van der Waals surface area (Å²) in [6.45, 7) is 6.18. The fourth-order valence-electron chi connectivity index (χ4n) is 5.24. The van der Waals surface area contributed by atoms with Crippen molar-refractivity contribution in [2.24, 2.45) is 0 Å². The lowest BCUT2D eigenvalue weighted by Crippen LogP contribution is -2.42. The Kier molecular flexibility index (Phi) is 7.51. The average molecular weight is 498 g/mol. The van der Waals surface area contributed by atoms with Crippen molar-refractivity contribution in [3.8, 4) is 17.0 Å². The summed E-state index contributed by atoms with van der Waals surface area (Å²) in [4.78, 5) is 22.8. The molecule has 1 amide bonds. The number of rotatable bonds is 8. The van der Waals surface area contributed by atoms with Gasteiger partial charge in [0.15, 0.2) is 5.65 Å². The van der Waals surface area contributed by atoms with Crippen LogP contribution in [0.15, 0.2) is 61.1 Å². The van der Waals surface area contributed by atoms with Gasteiger partial charge in [-0.15, -0.1) is 0 Å². The minimum atomic E-state index is -0.0350. The maximum absolute atomic E-state index is 13.0. The third kappa shape index (κ3) is 5.23. The molecule has 37 heavy (non-hydrogen) atoms. The number of amides is 1. The zero-order valence-electron chi connectivity index (χ0n) is 21.8. The van der Waals surface area contributed by atoms with E-state index in [4.69, 9.17) is 9.72 Å². The molecule has 0 aliphatic carbocycles. The van der Waals surface area contributed by atoms with Crippen molar-refractivity contribution >= 4 is 11.6 Å². The number of hydrogen-bond donors (Lipinski definition) is 2. The number of carbonyl (C=O) groups is 1. The molecule has 2 aromatic carbocycles. The number of nitrogens with one attached hydrogen (secondary N) is 2. The van der Waals surface area contributed by atoms with Gasteiger partial charge in [0, 0.05) is 41.7 Å². The first-order valence-corrected chi connectivity index (χ1v) is 13.2. The molecule has 0 saturated carbocycles. The van der Waals surface area contributed by atoms with E-state index in [1.54, 1.807) is 13.3 Å². The molecule has 1 aliphatic rings. The normalized spacial score (nSPS) is 15.0. The summed E-state index contributed by atoms with van der Waals surface area (Å²) in [5.74, 6) is 0.921. The van der Waals surface area contributed by atoms with Crippen molar-refractivity contribution in [3.05, 3.63) is 83.4 Å². The van der Waals surface area contributed by atoms with Gasteiger partial charge in [-0.25, -0.2) is 9.97 Å². The van der Waals surface area contributed by atoms with Crippen LogP contribution in [0.4, 0.5) is 0 Å². The van der Waals surface area contributed by atoms with Gasteiger partial charge in [0.25, 0.3) is 5.91 Å². The number of imidazole rings is 1. The van der Waals surface area contributed by atoms with Gasteiger partial charge in [-0.2, -0.15) is 0 Å². The third-order valence-corrected chi connectivity index (χ3v) is 7.33. The van der Waals surface area contributed by atoms with Gasteiger partial charge in [0.1, 0.15) is 5.75 Å². The summed E-state index contributed by atoms with van der Waals surface area (Å²) in [5, 5.41) is 6.53. The summed E-state index contributed by atoms with van der Waals surface area (Å²) in [6.07, 6.45) is 9.44. The predicted octanol–water partition coefficient (Wildman–Crippen LogP) is 4.99. The van der Waals surface area contributed by atoms with Crippen molar-refractivity contribution in [1.29, 1.82) is 0 Å². The van der Waals surface area contributed by atoms with Gasteiger partial charge < -0.3 is 19.8 Å². The van der Waals surface area contributed by atoms with E-state index >= 15 is 0 Å². The molecule has 0 radical (unpaired) electrons. The molecular weight excluding hydrogens is 462 g/mol. The summed E-state index contributed by atoms with van der Waals surface area (Å²) in [5.41, 5.74) is 6.47. The molecule has 192 valence electrons. The molecule has 0 spiro atoms. The molecule has 3 heterocycles. The van der Waals surface area contributed by atoms with Gasteiger partial charge in [0.2, 0.25) is 0 Å². The van der Waals surface area contributed by atoms with Gasteiger partial charge in [-0.3, -0.25) is 4.79 Å². The smallest absolute Gasteiger partial charge is 0.251 e. The highest BCUT2D eigenvalue weighted by Gasteiger charge is 2.22. The van der Waals surface area contributed by atoms with Crippen LogP contribution < -0.4 is 15.4 Å². The number of aryl methyl sites for hydroxylation is 1. The number of carbonyl (C=O) groups excluding carboxylic acids is 1. The van der Waals surface area contributed by atoms with Crippen molar-refractivity contribution < 1.29 is 9.53 Å². The van der Waals surface area contributed by atoms with E-state index in [-0.39, 0.29) is 17.9 Å². The Balaban J connectivity index is 1.51. The average Bonchev–Trinajstić information content (AvgIpc) is 3.43. The number of aromatic nitrogens is 3. The summed E-state index contributed by atoms with van der Waals surface area (Å²) in [7, 11) is 1.72. The Hall–Kier alpha value is -3.71. The van der Waals surface area contributed by atoms with Crippen LogP contribution >= 0.6 is 0 Å². The molecule has 1 fully saturated rings. The molecule has 1 unspecified atom stereocenters. The summed E-state index contributed by atoms with van der Waals surface area (Å²) in [6, 6.07) is 14.4. The van der Waals surface area contributed by atoms with Gasteiger partial charge in [-0.1, -0.05) is 38.1 Å². The first-order chi connectivity index (χ1) is 18.1. The number of fused-ring (bicyclic) bond motifs is 1. The highest BCUT2D eigenvalue weighted by atomic mass is 16.5. The quantitative estimate of drug-likeness (QED) is 0.358. The zero-order chi connectivity index (χ0) is 25.8. The van der Waals surface area contributed by atoms with E-state index in [9.17, 15) is 4.79 Å². The maximum Gasteiger partial charge on any atom is 0.251 e. The second-order valence-electron chi connectivity index (χ2n) is 9.63. The maximum atomic E-state index is 13.0. The minimum Gasteiger partial charge on any atom is -0.496 e. The number of ether oxygens (including phenoxy) is 1. The second kappa shape index (κ2) is 11.1. The molecule has 7 heteroatoms. The molecule has 7 nitrogen and oxygen atoms in total. The summed E-state index contributed by atoms with van der Waals surface area (Å²) < 4.78 is 7.71. The zero-order valence-corrected chi connectivity index (χ0v) is 21.8. The Morgan fingerprint density at radius 1 is 1.19 bits per heavy atom. The number of benzene rings is 2. The van der Waals surface area contributed by atoms with Crippen LogP contribution in [-0.4, -0.2) is 46.5 Å². The lowest BCUT2D eigenvalue weighted by atomic mass is 9.91. The van der Waals surface area contributed by atoms with Crippen LogP contribution in [0.1, 0.15) is 66.2 Å². The van der Waals surface area contributed by atoms with E-state index in [1.807, 2.05) is 41.1 Å². The van der Waals surface area contributed by atoms with E-state index in [0.29, 0.717) is 5.56 Å². The van der Waals surface area contributed by atoms with Crippen LogP contribution in [-0.2, 0) is 6.42 Å². The summed E-state index contributed by atoms with van der Waals surface area (Å²) >= 11 is 0. The number of piperidine rings is 1. The second-order valence-corrected chi connectivity index (χ2v) is 9.63. The van der Waals surface area contributed by atoms with E-state index in [0.717, 1.165) is 72.7 Å². The van der Waals surface area contributed by atoms with Crippen molar-refractivity contribution in [2.45, 2.75) is 51.5 Å². The topological polar surface area (TPSA) is 80.6 Å². The van der Waals surface area contributed by atoms with Crippen LogP contribution in [0.2, 0.25) is 0 Å². The first-order valence-electron chi connectivity index (χ1n) is 13.2. The van der Waals surface area contributed by atoms with Crippen molar-refractivity contribution in [2.75, 3.05) is 20.2 Å². The van der Waals surface area contributed by atoms with Crippen LogP contribution in [0.25, 0.3) is 16.9 Å². The molecule has 0 bridgehead atoms. The lowest BCUT2D eigenvalue weighted by Gasteiger charge is -2.23. The molecule has 2 aromatic heterocycles. The molecule has 1 atom stereocenters. The van der Waals surface area contributed by atoms with Crippen LogP contribution in [0.5, 0.6) is 5.75 Å². The van der Waals surface area contributed by atoms with Crippen LogP contribution in [0.3, 0.4) is 0 Å². The van der Waals surface area contributed by atoms with Crippen molar-refractivity contribution in [3.63, 3.8) is 0 Å². The van der Waals surface area contributed by atoms with Crippen molar-refractivity contribution in [1.82, 2.24) is 25.0 Å². The Bertz CT molecular complexity index is 1390. The molecule has 5 rings (SSSR count). The Morgan fingerprint density at radius 3 is 2.78 bits per heavy atom. The molecular formula is C30H35N5O2. The Morgan fingerprint density at radius 2 is 2.03 bits per heavy atom. The molecule has 4 aromatic rings. The highest BCUT2D eigenvalue weighted by molar-refractivity contribution is 5.95. The fraction of sp³-hybridized carbons (Fsp3) is 0.367. The predicted molar refractivity (Wildman–Crippen MR) is 146 cm³/mol. The molecule has 2 N–H and O–H groups in total. The van der Waals surface area contributed by atoms with Gasteiger partial charge in [-0.05, 0) is 68.1 Å². The highest BCUT2D eigenvalue weighted by Crippen LogP contribution is 2.34. The SMILES string of the molecule is CCc1ccc(C(CC)c2nc(-c3cccc(C(=O)NC4CCNCC4)c3)cn3ccnc23)cc1OC.